The zero-order valence-electron chi connectivity index (χ0n) is 15.7. The van der Waals surface area contributed by atoms with E-state index in [1.165, 1.54) is 5.56 Å². The van der Waals surface area contributed by atoms with E-state index in [0.717, 1.165) is 57.7 Å². The standard InChI is InChI=1S/C19H31N3O2.ClH/c1-4-10-19(2,20)18(23)22-12-5-11-21(13-14-22)15-16-6-8-17(24-3)9-7-16;/h6-9H,4-5,10-15,20H2,1-3H3;1H. The Morgan fingerprint density at radius 2 is 1.88 bits per heavy atom. The van der Waals surface area contributed by atoms with Crippen LogP contribution in [0.25, 0.3) is 0 Å². The van der Waals surface area contributed by atoms with Crippen LogP contribution in [-0.4, -0.2) is 54.5 Å². The Morgan fingerprint density at radius 3 is 2.48 bits per heavy atom. The summed E-state index contributed by atoms with van der Waals surface area (Å²) in [5.74, 6) is 0.972. The summed E-state index contributed by atoms with van der Waals surface area (Å²) in [6.45, 7) is 8.28. The first kappa shape index (κ1) is 21.7. The largest absolute Gasteiger partial charge is 0.497 e. The molecule has 25 heavy (non-hydrogen) atoms. The molecule has 0 aliphatic carbocycles. The first-order valence-corrected chi connectivity index (χ1v) is 8.90. The summed E-state index contributed by atoms with van der Waals surface area (Å²) in [4.78, 5) is 17.0. The van der Waals surface area contributed by atoms with Gasteiger partial charge in [0.15, 0.2) is 0 Å². The fourth-order valence-corrected chi connectivity index (χ4v) is 3.31. The van der Waals surface area contributed by atoms with Crippen LogP contribution in [-0.2, 0) is 11.3 Å². The van der Waals surface area contributed by atoms with Crippen LogP contribution in [0.3, 0.4) is 0 Å². The molecule has 1 saturated heterocycles. The molecule has 1 amide bonds. The van der Waals surface area contributed by atoms with Crippen molar-refractivity contribution in [3.05, 3.63) is 29.8 Å². The predicted octanol–water partition coefficient (Wildman–Crippen LogP) is 2.67. The number of ether oxygens (including phenoxy) is 1. The van der Waals surface area contributed by atoms with E-state index in [-0.39, 0.29) is 18.3 Å². The molecule has 1 aliphatic heterocycles. The Bertz CT molecular complexity index is 534. The lowest BCUT2D eigenvalue weighted by molar-refractivity contribution is -0.136. The second-order valence-electron chi connectivity index (χ2n) is 6.94. The number of hydrogen-bond acceptors (Lipinski definition) is 4. The van der Waals surface area contributed by atoms with Crippen molar-refractivity contribution in [1.82, 2.24) is 9.80 Å². The number of rotatable bonds is 6. The van der Waals surface area contributed by atoms with Crippen LogP contribution >= 0.6 is 12.4 Å². The zero-order valence-corrected chi connectivity index (χ0v) is 16.5. The summed E-state index contributed by atoms with van der Waals surface area (Å²) >= 11 is 0. The topological polar surface area (TPSA) is 58.8 Å². The van der Waals surface area contributed by atoms with Gasteiger partial charge < -0.3 is 15.4 Å². The number of carbonyl (C=O) groups excluding carboxylic acids is 1. The van der Waals surface area contributed by atoms with Crippen molar-refractivity contribution < 1.29 is 9.53 Å². The van der Waals surface area contributed by atoms with Crippen molar-refractivity contribution in [2.24, 2.45) is 5.73 Å². The molecule has 1 fully saturated rings. The summed E-state index contributed by atoms with van der Waals surface area (Å²) < 4.78 is 5.20. The van der Waals surface area contributed by atoms with E-state index in [1.807, 2.05) is 24.0 Å². The van der Waals surface area contributed by atoms with E-state index in [2.05, 4.69) is 24.0 Å². The van der Waals surface area contributed by atoms with Gasteiger partial charge in [0, 0.05) is 32.7 Å². The number of halogens is 1. The average Bonchev–Trinajstić information content (AvgIpc) is 2.80. The molecule has 1 atom stereocenters. The molecule has 6 heteroatoms. The molecule has 0 bridgehead atoms. The Kier molecular flexibility index (Phi) is 8.69. The van der Waals surface area contributed by atoms with E-state index >= 15 is 0 Å². The summed E-state index contributed by atoms with van der Waals surface area (Å²) in [7, 11) is 1.68. The number of amides is 1. The number of carbonyl (C=O) groups is 1. The lowest BCUT2D eigenvalue weighted by Gasteiger charge is -2.31. The van der Waals surface area contributed by atoms with Gasteiger partial charge in [-0.1, -0.05) is 25.5 Å². The molecule has 1 aromatic rings. The van der Waals surface area contributed by atoms with E-state index in [0.29, 0.717) is 0 Å². The first-order chi connectivity index (χ1) is 11.5. The number of hydrogen-bond donors (Lipinski definition) is 1. The molecule has 5 nitrogen and oxygen atoms in total. The van der Waals surface area contributed by atoms with Crippen molar-refractivity contribution in [3.63, 3.8) is 0 Å². The van der Waals surface area contributed by atoms with Gasteiger partial charge in [0.05, 0.1) is 12.6 Å². The van der Waals surface area contributed by atoms with Crippen molar-refractivity contribution >= 4 is 18.3 Å². The maximum Gasteiger partial charge on any atom is 0.242 e. The van der Waals surface area contributed by atoms with Gasteiger partial charge in [-0.05, 0) is 37.5 Å². The van der Waals surface area contributed by atoms with Gasteiger partial charge in [-0.15, -0.1) is 12.4 Å². The molecular weight excluding hydrogens is 338 g/mol. The van der Waals surface area contributed by atoms with Gasteiger partial charge in [0.1, 0.15) is 5.75 Å². The molecular formula is C19H32ClN3O2. The Morgan fingerprint density at radius 1 is 1.20 bits per heavy atom. The monoisotopic (exact) mass is 369 g/mol. The Balaban J connectivity index is 0.00000312. The molecule has 2 rings (SSSR count). The SMILES string of the molecule is CCCC(C)(N)C(=O)N1CCCN(Cc2ccc(OC)cc2)CC1.Cl. The Labute approximate surface area is 157 Å². The molecule has 1 unspecified atom stereocenters. The smallest absolute Gasteiger partial charge is 0.242 e. The third-order valence-corrected chi connectivity index (χ3v) is 4.70. The number of benzene rings is 1. The third-order valence-electron chi connectivity index (χ3n) is 4.70. The molecule has 1 heterocycles. The van der Waals surface area contributed by atoms with Crippen LogP contribution in [0.15, 0.2) is 24.3 Å². The van der Waals surface area contributed by atoms with E-state index in [9.17, 15) is 4.79 Å². The van der Waals surface area contributed by atoms with Gasteiger partial charge in [0.2, 0.25) is 5.91 Å². The van der Waals surface area contributed by atoms with Crippen molar-refractivity contribution in [3.8, 4) is 5.75 Å². The minimum atomic E-state index is -0.736. The normalized spacial score (nSPS) is 18.0. The summed E-state index contributed by atoms with van der Waals surface area (Å²) in [5, 5.41) is 0. The summed E-state index contributed by atoms with van der Waals surface area (Å²) in [5.41, 5.74) is 6.75. The lowest BCUT2D eigenvalue weighted by Crippen LogP contribution is -2.53. The molecule has 1 aromatic carbocycles. The first-order valence-electron chi connectivity index (χ1n) is 8.90. The summed E-state index contributed by atoms with van der Waals surface area (Å²) in [6, 6.07) is 8.19. The number of nitrogens with zero attached hydrogens (tertiary/aromatic N) is 2. The van der Waals surface area contributed by atoms with Gasteiger partial charge in [0.25, 0.3) is 0 Å². The maximum absolute atomic E-state index is 12.7. The van der Waals surface area contributed by atoms with Crippen molar-refractivity contribution in [1.29, 1.82) is 0 Å². The van der Waals surface area contributed by atoms with Crippen LogP contribution in [0.1, 0.15) is 38.7 Å². The van der Waals surface area contributed by atoms with Gasteiger partial charge in [-0.2, -0.15) is 0 Å². The molecule has 0 spiro atoms. The zero-order chi connectivity index (χ0) is 17.6. The molecule has 0 aromatic heterocycles. The van der Waals surface area contributed by atoms with Crippen LogP contribution in [0, 0.1) is 0 Å². The van der Waals surface area contributed by atoms with E-state index < -0.39 is 5.54 Å². The fraction of sp³-hybridized carbons (Fsp3) is 0.632. The highest BCUT2D eigenvalue weighted by molar-refractivity contribution is 5.86. The Hall–Kier alpha value is -1.30. The van der Waals surface area contributed by atoms with Crippen LogP contribution in [0.4, 0.5) is 0 Å². The second kappa shape index (κ2) is 10.00. The molecule has 0 saturated carbocycles. The van der Waals surface area contributed by atoms with Crippen LogP contribution < -0.4 is 10.5 Å². The highest BCUT2D eigenvalue weighted by atomic mass is 35.5. The number of nitrogens with two attached hydrogens (primary N) is 1. The van der Waals surface area contributed by atoms with E-state index in [4.69, 9.17) is 10.5 Å². The summed E-state index contributed by atoms with van der Waals surface area (Å²) in [6.07, 6.45) is 2.65. The third kappa shape index (κ3) is 6.17. The molecule has 2 N–H and O–H groups in total. The predicted molar refractivity (Wildman–Crippen MR) is 104 cm³/mol. The highest BCUT2D eigenvalue weighted by Gasteiger charge is 2.32. The lowest BCUT2D eigenvalue weighted by atomic mass is 9.95. The highest BCUT2D eigenvalue weighted by Crippen LogP contribution is 2.17. The number of methoxy groups -OCH3 is 1. The molecule has 1 aliphatic rings. The maximum atomic E-state index is 12.7. The average molecular weight is 370 g/mol. The van der Waals surface area contributed by atoms with Crippen LogP contribution in [0.2, 0.25) is 0 Å². The minimum absolute atomic E-state index is 0. The van der Waals surface area contributed by atoms with Crippen molar-refractivity contribution in [2.75, 3.05) is 33.3 Å². The quantitative estimate of drug-likeness (QED) is 0.837. The fourth-order valence-electron chi connectivity index (χ4n) is 3.31. The molecule has 0 radical (unpaired) electrons. The van der Waals surface area contributed by atoms with Gasteiger partial charge in [-0.25, -0.2) is 0 Å². The van der Waals surface area contributed by atoms with Gasteiger partial charge >= 0.3 is 0 Å². The second-order valence-corrected chi connectivity index (χ2v) is 6.94. The van der Waals surface area contributed by atoms with E-state index in [1.54, 1.807) is 7.11 Å². The van der Waals surface area contributed by atoms with Crippen LogP contribution in [0.5, 0.6) is 5.75 Å². The van der Waals surface area contributed by atoms with Crippen molar-refractivity contribution in [2.45, 2.75) is 45.2 Å². The van der Waals surface area contributed by atoms with Gasteiger partial charge in [-0.3, -0.25) is 9.69 Å². The molecule has 142 valence electrons. The minimum Gasteiger partial charge on any atom is -0.497 e.